The number of aromatic nitrogens is 4. The summed E-state index contributed by atoms with van der Waals surface area (Å²) in [5, 5.41) is 0. The first-order valence-corrected chi connectivity index (χ1v) is 4.08. The summed E-state index contributed by atoms with van der Waals surface area (Å²) in [7, 11) is 0. The first-order chi connectivity index (χ1) is 6.86. The third kappa shape index (κ3) is 3.10. The van der Waals surface area contributed by atoms with Gasteiger partial charge in [0.25, 0.3) is 0 Å². The van der Waals surface area contributed by atoms with E-state index in [0.29, 0.717) is 0 Å². The van der Waals surface area contributed by atoms with E-state index < -0.39 is 0 Å². The Morgan fingerprint density at radius 1 is 1.36 bits per heavy atom. The van der Waals surface area contributed by atoms with Crippen LogP contribution in [0.15, 0.2) is 44.3 Å². The van der Waals surface area contributed by atoms with Gasteiger partial charge in [-0.15, -0.1) is 0 Å². The van der Waals surface area contributed by atoms with Crippen molar-refractivity contribution in [3.63, 3.8) is 0 Å². The van der Waals surface area contributed by atoms with E-state index >= 15 is 0 Å². The second kappa shape index (κ2) is 5.53. The fourth-order valence-electron chi connectivity index (χ4n) is 0.767. The number of aromatic amines is 1. The van der Waals surface area contributed by atoms with E-state index in [2.05, 4.69) is 28.1 Å². The van der Waals surface area contributed by atoms with Crippen molar-refractivity contribution in [2.45, 2.75) is 0 Å². The van der Waals surface area contributed by atoms with Gasteiger partial charge in [-0.05, 0) is 6.08 Å². The monoisotopic (exact) mass is 188 g/mol. The number of hydrogen-bond donors (Lipinski definition) is 1. The molecule has 2 heterocycles. The number of H-pyrrole nitrogens is 1. The van der Waals surface area contributed by atoms with Crippen molar-refractivity contribution < 1.29 is 0 Å². The minimum absolute atomic E-state index is 0.819. The topological polar surface area (TPSA) is 46.5 Å². The van der Waals surface area contributed by atoms with Crippen LogP contribution < -0.4 is 0 Å². The Balaban J connectivity index is 0.000000140. The molecule has 2 aromatic heterocycles. The van der Waals surface area contributed by atoms with Gasteiger partial charge in [-0.25, -0.2) is 9.97 Å². The Labute approximate surface area is 82.6 Å². The van der Waals surface area contributed by atoms with Crippen LogP contribution in [0.2, 0.25) is 0 Å². The molecule has 72 valence electrons. The van der Waals surface area contributed by atoms with Crippen LogP contribution in [0.4, 0.5) is 0 Å². The molecule has 4 heteroatoms. The highest BCUT2D eigenvalue weighted by Gasteiger charge is 1.78. The van der Waals surface area contributed by atoms with Gasteiger partial charge in [-0.1, -0.05) is 13.2 Å². The summed E-state index contributed by atoms with van der Waals surface area (Å²) in [6, 6.07) is 0. The number of imidazole rings is 2. The summed E-state index contributed by atoms with van der Waals surface area (Å²) in [5.74, 6) is 0.819. The van der Waals surface area contributed by atoms with Crippen LogP contribution in [0.1, 0.15) is 5.82 Å². The Hall–Kier alpha value is -2.10. The molecule has 0 amide bonds. The van der Waals surface area contributed by atoms with Crippen molar-refractivity contribution in [1.29, 1.82) is 0 Å². The zero-order valence-corrected chi connectivity index (χ0v) is 7.80. The predicted molar refractivity (Wildman–Crippen MR) is 57.3 cm³/mol. The summed E-state index contributed by atoms with van der Waals surface area (Å²) < 4.78 is 1.78. The van der Waals surface area contributed by atoms with E-state index in [4.69, 9.17) is 0 Å². The van der Waals surface area contributed by atoms with Crippen molar-refractivity contribution in [2.75, 3.05) is 0 Å². The molecule has 0 saturated carbocycles. The van der Waals surface area contributed by atoms with Gasteiger partial charge in [0.2, 0.25) is 0 Å². The van der Waals surface area contributed by atoms with Crippen molar-refractivity contribution in [3.05, 3.63) is 50.1 Å². The Kier molecular flexibility index (Phi) is 3.94. The lowest BCUT2D eigenvalue weighted by Crippen LogP contribution is -1.73. The highest BCUT2D eigenvalue weighted by Crippen LogP contribution is 1.86. The van der Waals surface area contributed by atoms with Crippen LogP contribution in [0.3, 0.4) is 0 Å². The standard InChI is InChI=1S/2C5H6N2/c1-2-7-4-3-6-5-7;1-2-5-6-3-4-7-5/h2-5H,1H2;2-4H,1H2,(H,6,7). The fourth-order valence-corrected chi connectivity index (χ4v) is 0.767. The van der Waals surface area contributed by atoms with Gasteiger partial charge >= 0.3 is 0 Å². The van der Waals surface area contributed by atoms with Crippen molar-refractivity contribution in [2.24, 2.45) is 0 Å². The molecule has 1 N–H and O–H groups in total. The van der Waals surface area contributed by atoms with E-state index in [9.17, 15) is 0 Å². The van der Waals surface area contributed by atoms with Gasteiger partial charge in [0.05, 0.1) is 6.33 Å². The summed E-state index contributed by atoms with van der Waals surface area (Å²) in [5.41, 5.74) is 0. The SMILES string of the molecule is C=Cc1ncc[nH]1.C=Cn1ccnc1. The normalized spacial score (nSPS) is 8.57. The molecule has 2 aromatic rings. The summed E-state index contributed by atoms with van der Waals surface area (Å²) in [6.07, 6.45) is 12.0. The van der Waals surface area contributed by atoms with Crippen LogP contribution in [-0.4, -0.2) is 19.5 Å². The third-order valence-electron chi connectivity index (χ3n) is 1.45. The summed E-state index contributed by atoms with van der Waals surface area (Å²) >= 11 is 0. The molecule has 0 unspecified atom stereocenters. The molecular weight excluding hydrogens is 176 g/mol. The average molecular weight is 188 g/mol. The predicted octanol–water partition coefficient (Wildman–Crippen LogP) is 2.04. The van der Waals surface area contributed by atoms with E-state index in [0.717, 1.165) is 5.82 Å². The number of nitrogens with zero attached hydrogens (tertiary/aromatic N) is 3. The van der Waals surface area contributed by atoms with Crippen LogP contribution >= 0.6 is 0 Å². The number of rotatable bonds is 2. The van der Waals surface area contributed by atoms with Crippen molar-refractivity contribution in [1.82, 2.24) is 19.5 Å². The summed E-state index contributed by atoms with van der Waals surface area (Å²) in [6.45, 7) is 7.04. The summed E-state index contributed by atoms with van der Waals surface area (Å²) in [4.78, 5) is 10.5. The van der Waals surface area contributed by atoms with E-state index in [-0.39, 0.29) is 0 Å². The maximum absolute atomic E-state index is 3.86. The van der Waals surface area contributed by atoms with Crippen molar-refractivity contribution in [3.8, 4) is 0 Å². The lowest BCUT2D eigenvalue weighted by Gasteiger charge is -1.80. The van der Waals surface area contributed by atoms with Gasteiger partial charge in [-0.2, -0.15) is 0 Å². The van der Waals surface area contributed by atoms with Crippen LogP contribution in [0.5, 0.6) is 0 Å². The minimum atomic E-state index is 0.819. The van der Waals surface area contributed by atoms with Gasteiger partial charge < -0.3 is 9.55 Å². The molecule has 0 fully saturated rings. The second-order valence-corrected chi connectivity index (χ2v) is 2.37. The molecule has 0 aliphatic carbocycles. The molecule has 0 bridgehead atoms. The fraction of sp³-hybridized carbons (Fsp3) is 0. The van der Waals surface area contributed by atoms with Crippen LogP contribution in [-0.2, 0) is 0 Å². The highest BCUT2D eigenvalue weighted by molar-refractivity contribution is 5.34. The number of nitrogens with one attached hydrogen (secondary N) is 1. The smallest absolute Gasteiger partial charge is 0.129 e. The molecule has 4 nitrogen and oxygen atoms in total. The Bertz CT molecular complexity index is 320. The molecule has 2 rings (SSSR count). The van der Waals surface area contributed by atoms with E-state index in [1.807, 2.05) is 6.20 Å². The maximum Gasteiger partial charge on any atom is 0.129 e. The largest absolute Gasteiger partial charge is 0.345 e. The molecule has 14 heavy (non-hydrogen) atoms. The molecular formula is C10H12N4. The quantitative estimate of drug-likeness (QED) is 0.783. The Morgan fingerprint density at radius 2 is 2.21 bits per heavy atom. The van der Waals surface area contributed by atoms with Gasteiger partial charge in [-0.3, -0.25) is 0 Å². The third-order valence-corrected chi connectivity index (χ3v) is 1.45. The average Bonchev–Trinajstić information content (AvgIpc) is 2.92. The van der Waals surface area contributed by atoms with Gasteiger partial charge in [0.1, 0.15) is 5.82 Å². The van der Waals surface area contributed by atoms with E-state index in [1.165, 1.54) is 0 Å². The lowest BCUT2D eigenvalue weighted by atomic mass is 10.6. The first-order valence-electron chi connectivity index (χ1n) is 4.08. The van der Waals surface area contributed by atoms with Crippen LogP contribution in [0, 0.1) is 0 Å². The molecule has 0 atom stereocenters. The molecule has 0 saturated heterocycles. The minimum Gasteiger partial charge on any atom is -0.345 e. The van der Waals surface area contributed by atoms with Crippen LogP contribution in [0.25, 0.3) is 12.3 Å². The zero-order valence-electron chi connectivity index (χ0n) is 7.80. The highest BCUT2D eigenvalue weighted by atomic mass is 15.0. The lowest BCUT2D eigenvalue weighted by molar-refractivity contribution is 1.14. The molecule has 0 spiro atoms. The zero-order chi connectivity index (χ0) is 10.2. The molecule has 0 radical (unpaired) electrons. The first kappa shape index (κ1) is 9.98. The molecule has 0 aliphatic rings. The molecule has 0 aliphatic heterocycles. The molecule has 0 aromatic carbocycles. The number of hydrogen-bond acceptors (Lipinski definition) is 2. The maximum atomic E-state index is 3.86. The van der Waals surface area contributed by atoms with E-state index in [1.54, 1.807) is 41.8 Å². The second-order valence-electron chi connectivity index (χ2n) is 2.37. The van der Waals surface area contributed by atoms with Gasteiger partial charge in [0.15, 0.2) is 0 Å². The Morgan fingerprint density at radius 3 is 2.50 bits per heavy atom. The van der Waals surface area contributed by atoms with Gasteiger partial charge in [0, 0.05) is 31.0 Å². The van der Waals surface area contributed by atoms with Crippen molar-refractivity contribution >= 4 is 12.3 Å².